The van der Waals surface area contributed by atoms with Gasteiger partial charge in [-0.15, -0.1) is 0 Å². The van der Waals surface area contributed by atoms with Crippen LogP contribution in [0, 0.1) is 0 Å². The van der Waals surface area contributed by atoms with Gasteiger partial charge >= 0.3 is 0 Å². The maximum Gasteiger partial charge on any atom is 0.0427 e. The molecule has 0 spiro atoms. The van der Waals surface area contributed by atoms with Crippen LogP contribution in [0.4, 0.5) is 0 Å². The molecule has 84 valence electrons. The number of aliphatic imine (C=N–C) groups is 1. The molecule has 0 aliphatic carbocycles. The lowest BCUT2D eigenvalue weighted by Gasteiger charge is -2.09. The van der Waals surface area contributed by atoms with Crippen molar-refractivity contribution in [1.29, 1.82) is 0 Å². The second-order valence-electron chi connectivity index (χ2n) is 4.34. The van der Waals surface area contributed by atoms with E-state index in [9.17, 15) is 0 Å². The minimum atomic E-state index is 0.985. The Morgan fingerprint density at radius 1 is 0.765 bits per heavy atom. The molecular weight excluding hydrogens is 206 g/mol. The molecule has 0 saturated heterocycles. The largest absolute Gasteiger partial charge is 0.289 e. The molecule has 0 saturated carbocycles. The SMILES string of the molecule is c1ccc(-c2ccccc2C2=NCCC2)cc1. The van der Waals surface area contributed by atoms with Gasteiger partial charge in [0.2, 0.25) is 0 Å². The second-order valence-corrected chi connectivity index (χ2v) is 4.34. The van der Waals surface area contributed by atoms with Gasteiger partial charge < -0.3 is 0 Å². The first-order valence-electron chi connectivity index (χ1n) is 6.13. The van der Waals surface area contributed by atoms with Crippen molar-refractivity contribution in [2.75, 3.05) is 6.54 Å². The number of rotatable bonds is 2. The number of nitrogens with zero attached hydrogens (tertiary/aromatic N) is 1. The first-order valence-corrected chi connectivity index (χ1v) is 6.13. The summed E-state index contributed by atoms with van der Waals surface area (Å²) in [7, 11) is 0. The van der Waals surface area contributed by atoms with E-state index in [0.717, 1.165) is 13.0 Å². The molecule has 1 aliphatic rings. The molecule has 3 rings (SSSR count). The van der Waals surface area contributed by atoms with E-state index in [4.69, 9.17) is 0 Å². The molecule has 0 atom stereocenters. The summed E-state index contributed by atoms with van der Waals surface area (Å²) in [5.41, 5.74) is 5.15. The van der Waals surface area contributed by atoms with Crippen molar-refractivity contribution in [2.24, 2.45) is 4.99 Å². The maximum atomic E-state index is 4.61. The number of hydrogen-bond acceptors (Lipinski definition) is 1. The summed E-state index contributed by atoms with van der Waals surface area (Å²) in [6, 6.07) is 19.1. The molecule has 1 heterocycles. The zero-order valence-corrected chi connectivity index (χ0v) is 9.76. The van der Waals surface area contributed by atoms with E-state index in [-0.39, 0.29) is 0 Å². The lowest BCUT2D eigenvalue weighted by Crippen LogP contribution is -1.98. The fourth-order valence-electron chi connectivity index (χ4n) is 2.36. The highest BCUT2D eigenvalue weighted by atomic mass is 14.8. The third kappa shape index (κ3) is 2.01. The van der Waals surface area contributed by atoms with Crippen molar-refractivity contribution in [3.8, 4) is 11.1 Å². The van der Waals surface area contributed by atoms with Crippen LogP contribution in [-0.2, 0) is 0 Å². The standard InChI is InChI=1S/C16H15N/c1-2-7-13(8-3-1)14-9-4-5-10-15(14)16-11-6-12-17-16/h1-5,7-10H,6,11-12H2. The van der Waals surface area contributed by atoms with E-state index in [0.29, 0.717) is 0 Å². The van der Waals surface area contributed by atoms with E-state index in [1.807, 2.05) is 0 Å². The van der Waals surface area contributed by atoms with Gasteiger partial charge in [0.05, 0.1) is 0 Å². The summed E-state index contributed by atoms with van der Waals surface area (Å²) in [6.45, 7) is 0.985. The minimum absolute atomic E-state index is 0.985. The van der Waals surface area contributed by atoms with Gasteiger partial charge in [0, 0.05) is 17.8 Å². The van der Waals surface area contributed by atoms with Crippen LogP contribution in [-0.4, -0.2) is 12.3 Å². The van der Waals surface area contributed by atoms with Crippen LogP contribution in [0.5, 0.6) is 0 Å². The van der Waals surface area contributed by atoms with Gasteiger partial charge in [-0.25, -0.2) is 0 Å². The Kier molecular flexibility index (Phi) is 2.74. The van der Waals surface area contributed by atoms with Gasteiger partial charge in [-0.1, -0.05) is 54.6 Å². The van der Waals surface area contributed by atoms with Crippen LogP contribution in [0.2, 0.25) is 0 Å². The summed E-state index contributed by atoms with van der Waals surface area (Å²) in [4.78, 5) is 4.61. The summed E-state index contributed by atoms with van der Waals surface area (Å²) in [6.07, 6.45) is 2.31. The van der Waals surface area contributed by atoms with Crippen molar-refractivity contribution in [1.82, 2.24) is 0 Å². The molecule has 0 amide bonds. The van der Waals surface area contributed by atoms with E-state index < -0.39 is 0 Å². The lowest BCUT2D eigenvalue weighted by molar-refractivity contribution is 0.951. The van der Waals surface area contributed by atoms with Gasteiger partial charge in [0.25, 0.3) is 0 Å². The summed E-state index contributed by atoms with van der Waals surface area (Å²) < 4.78 is 0. The molecule has 2 aromatic rings. The molecule has 0 aromatic heterocycles. The topological polar surface area (TPSA) is 12.4 Å². The molecule has 1 heteroatoms. The molecule has 0 radical (unpaired) electrons. The normalized spacial score (nSPS) is 14.7. The molecule has 0 N–H and O–H groups in total. The molecule has 1 aliphatic heterocycles. The third-order valence-corrected chi connectivity index (χ3v) is 3.20. The molecule has 1 nitrogen and oxygen atoms in total. The Balaban J connectivity index is 2.11. The smallest absolute Gasteiger partial charge is 0.0427 e. The van der Waals surface area contributed by atoms with Gasteiger partial charge in [0.1, 0.15) is 0 Å². The van der Waals surface area contributed by atoms with E-state index in [1.165, 1.54) is 28.8 Å². The molecule has 0 fully saturated rings. The van der Waals surface area contributed by atoms with Crippen molar-refractivity contribution >= 4 is 5.71 Å². The van der Waals surface area contributed by atoms with Gasteiger partial charge in [-0.3, -0.25) is 4.99 Å². The van der Waals surface area contributed by atoms with Crippen LogP contribution < -0.4 is 0 Å². The van der Waals surface area contributed by atoms with Gasteiger partial charge in [-0.2, -0.15) is 0 Å². The van der Waals surface area contributed by atoms with E-state index in [1.54, 1.807) is 0 Å². The lowest BCUT2D eigenvalue weighted by atomic mass is 9.96. The monoisotopic (exact) mass is 221 g/mol. The quantitative estimate of drug-likeness (QED) is 0.728. The second kappa shape index (κ2) is 4.54. The number of hydrogen-bond donors (Lipinski definition) is 0. The van der Waals surface area contributed by atoms with Crippen LogP contribution in [0.25, 0.3) is 11.1 Å². The van der Waals surface area contributed by atoms with Crippen molar-refractivity contribution in [2.45, 2.75) is 12.8 Å². The average molecular weight is 221 g/mol. The van der Waals surface area contributed by atoms with Gasteiger partial charge in [-0.05, 0) is 24.0 Å². The van der Waals surface area contributed by atoms with Gasteiger partial charge in [0.15, 0.2) is 0 Å². The molecule has 0 bridgehead atoms. The van der Waals surface area contributed by atoms with Crippen LogP contribution in [0.1, 0.15) is 18.4 Å². The minimum Gasteiger partial charge on any atom is -0.289 e. The summed E-state index contributed by atoms with van der Waals surface area (Å²) >= 11 is 0. The Hall–Kier alpha value is -1.89. The fraction of sp³-hybridized carbons (Fsp3) is 0.188. The van der Waals surface area contributed by atoms with Crippen molar-refractivity contribution in [3.05, 3.63) is 60.2 Å². The fourth-order valence-corrected chi connectivity index (χ4v) is 2.36. The zero-order chi connectivity index (χ0) is 11.5. The molecule has 17 heavy (non-hydrogen) atoms. The predicted octanol–water partition coefficient (Wildman–Crippen LogP) is 3.94. The molecular formula is C16H15N. The van der Waals surface area contributed by atoms with Crippen molar-refractivity contribution < 1.29 is 0 Å². The van der Waals surface area contributed by atoms with Crippen molar-refractivity contribution in [3.63, 3.8) is 0 Å². The van der Waals surface area contributed by atoms with Crippen LogP contribution >= 0.6 is 0 Å². The Labute approximate surface area is 102 Å². The Morgan fingerprint density at radius 3 is 2.18 bits per heavy atom. The Bertz CT molecular complexity index is 540. The number of benzene rings is 2. The average Bonchev–Trinajstić information content (AvgIpc) is 2.94. The molecule has 0 unspecified atom stereocenters. The Morgan fingerprint density at radius 2 is 1.47 bits per heavy atom. The van der Waals surface area contributed by atoms with E-state index >= 15 is 0 Å². The highest BCUT2D eigenvalue weighted by Gasteiger charge is 2.13. The maximum absolute atomic E-state index is 4.61. The summed E-state index contributed by atoms with van der Waals surface area (Å²) in [5, 5.41) is 0. The first kappa shape index (κ1) is 10.3. The highest BCUT2D eigenvalue weighted by molar-refractivity contribution is 6.06. The predicted molar refractivity (Wildman–Crippen MR) is 72.5 cm³/mol. The van der Waals surface area contributed by atoms with Crippen LogP contribution in [0.15, 0.2) is 59.6 Å². The van der Waals surface area contributed by atoms with E-state index in [2.05, 4.69) is 59.6 Å². The summed E-state index contributed by atoms with van der Waals surface area (Å²) in [5.74, 6) is 0. The first-order chi connectivity index (χ1) is 8.45. The van der Waals surface area contributed by atoms with Crippen LogP contribution in [0.3, 0.4) is 0 Å². The zero-order valence-electron chi connectivity index (χ0n) is 9.76. The third-order valence-electron chi connectivity index (χ3n) is 3.20. The highest BCUT2D eigenvalue weighted by Crippen LogP contribution is 2.26. The molecule has 2 aromatic carbocycles.